The van der Waals surface area contributed by atoms with E-state index in [9.17, 15) is 9.59 Å². The van der Waals surface area contributed by atoms with Crippen LogP contribution in [0, 0.1) is 0 Å². The average molecular weight is 336 g/mol. The lowest BCUT2D eigenvalue weighted by Gasteiger charge is -2.13. The number of ether oxygens (including phenoxy) is 1. The van der Waals surface area contributed by atoms with Crippen molar-refractivity contribution in [1.29, 1.82) is 0 Å². The van der Waals surface area contributed by atoms with Gasteiger partial charge in [0.05, 0.1) is 12.2 Å². The third-order valence-corrected chi connectivity index (χ3v) is 2.77. The van der Waals surface area contributed by atoms with Crippen molar-refractivity contribution in [2.45, 2.75) is 19.9 Å². The van der Waals surface area contributed by atoms with Crippen molar-refractivity contribution in [3.05, 3.63) is 27.5 Å². The molecule has 0 aromatic carbocycles. The fourth-order valence-electron chi connectivity index (χ4n) is 1.18. The van der Waals surface area contributed by atoms with Crippen molar-refractivity contribution in [2.75, 3.05) is 6.61 Å². The van der Waals surface area contributed by atoms with Gasteiger partial charge >= 0.3 is 5.97 Å². The van der Waals surface area contributed by atoms with Crippen LogP contribution in [0.2, 0.25) is 5.15 Å². The third kappa shape index (κ3) is 3.96. The first-order valence-corrected chi connectivity index (χ1v) is 6.41. The zero-order valence-electron chi connectivity index (χ0n) is 9.87. The molecule has 1 atom stereocenters. The molecule has 0 aliphatic carbocycles. The van der Waals surface area contributed by atoms with Crippen molar-refractivity contribution in [2.24, 2.45) is 0 Å². The summed E-state index contributed by atoms with van der Waals surface area (Å²) in [7, 11) is 0. The highest BCUT2D eigenvalue weighted by Crippen LogP contribution is 2.17. The summed E-state index contributed by atoms with van der Waals surface area (Å²) in [5, 5.41) is 2.57. The standard InChI is InChI=1S/C11H12BrClN2O3/c1-3-18-11(17)6(2)15-10(16)8-4-7(12)5-14-9(8)13/h4-6H,3H2,1-2H3,(H,15,16)/t6-/m0/s1. The number of aromatic nitrogens is 1. The van der Waals surface area contributed by atoms with Gasteiger partial charge in [0, 0.05) is 10.7 Å². The Labute approximate surface area is 118 Å². The smallest absolute Gasteiger partial charge is 0.328 e. The normalized spacial score (nSPS) is 11.8. The third-order valence-electron chi connectivity index (χ3n) is 2.04. The van der Waals surface area contributed by atoms with E-state index in [4.69, 9.17) is 16.3 Å². The number of carbonyl (C=O) groups is 2. The summed E-state index contributed by atoms with van der Waals surface area (Å²) in [5.74, 6) is -0.973. The van der Waals surface area contributed by atoms with Gasteiger partial charge in [0.15, 0.2) is 0 Å². The van der Waals surface area contributed by atoms with Gasteiger partial charge in [-0.3, -0.25) is 4.79 Å². The fourth-order valence-corrected chi connectivity index (χ4v) is 1.70. The zero-order valence-corrected chi connectivity index (χ0v) is 12.2. The monoisotopic (exact) mass is 334 g/mol. The van der Waals surface area contributed by atoms with Crippen LogP contribution in [0.1, 0.15) is 24.2 Å². The Morgan fingerprint density at radius 1 is 1.61 bits per heavy atom. The van der Waals surface area contributed by atoms with E-state index < -0.39 is 17.9 Å². The molecule has 0 saturated heterocycles. The van der Waals surface area contributed by atoms with Gasteiger partial charge in [-0.1, -0.05) is 11.6 Å². The van der Waals surface area contributed by atoms with E-state index in [1.165, 1.54) is 19.2 Å². The number of amides is 1. The van der Waals surface area contributed by atoms with E-state index in [0.29, 0.717) is 4.47 Å². The van der Waals surface area contributed by atoms with E-state index in [0.717, 1.165) is 0 Å². The molecule has 0 bridgehead atoms. The first-order chi connectivity index (χ1) is 8.45. The van der Waals surface area contributed by atoms with Gasteiger partial charge in [-0.25, -0.2) is 9.78 Å². The van der Waals surface area contributed by atoms with Gasteiger partial charge < -0.3 is 10.1 Å². The first-order valence-electron chi connectivity index (χ1n) is 5.24. The van der Waals surface area contributed by atoms with Crippen molar-refractivity contribution in [3.8, 4) is 0 Å². The van der Waals surface area contributed by atoms with Crippen molar-refractivity contribution in [1.82, 2.24) is 10.3 Å². The summed E-state index contributed by atoms with van der Waals surface area (Å²) < 4.78 is 5.41. The second kappa shape index (κ2) is 6.70. The minimum Gasteiger partial charge on any atom is -0.464 e. The van der Waals surface area contributed by atoms with Gasteiger partial charge in [-0.15, -0.1) is 0 Å². The number of pyridine rings is 1. The molecule has 0 spiro atoms. The fraction of sp³-hybridized carbons (Fsp3) is 0.364. The molecule has 0 saturated carbocycles. The number of halogens is 2. The Bertz CT molecular complexity index is 468. The van der Waals surface area contributed by atoms with E-state index >= 15 is 0 Å². The molecule has 5 nitrogen and oxygen atoms in total. The maximum atomic E-state index is 11.9. The van der Waals surface area contributed by atoms with Crippen LogP contribution in [0.4, 0.5) is 0 Å². The minimum absolute atomic E-state index is 0.0757. The molecule has 1 aromatic heterocycles. The van der Waals surface area contributed by atoms with E-state index in [1.54, 1.807) is 6.92 Å². The summed E-state index contributed by atoms with van der Waals surface area (Å²) >= 11 is 9.00. The predicted molar refractivity (Wildman–Crippen MR) is 70.5 cm³/mol. The van der Waals surface area contributed by atoms with Crippen LogP contribution in [-0.2, 0) is 9.53 Å². The quantitative estimate of drug-likeness (QED) is 0.676. The number of carbonyl (C=O) groups excluding carboxylic acids is 2. The van der Waals surface area contributed by atoms with Crippen LogP contribution >= 0.6 is 27.5 Å². The molecular weight excluding hydrogens is 323 g/mol. The molecule has 0 fully saturated rings. The average Bonchev–Trinajstić information content (AvgIpc) is 2.32. The number of rotatable bonds is 4. The van der Waals surface area contributed by atoms with Gasteiger partial charge in [-0.05, 0) is 35.8 Å². The SMILES string of the molecule is CCOC(=O)[C@H](C)NC(=O)c1cc(Br)cnc1Cl. The van der Waals surface area contributed by atoms with Crippen LogP contribution < -0.4 is 5.32 Å². The van der Waals surface area contributed by atoms with Crippen LogP contribution in [-0.4, -0.2) is 29.5 Å². The molecule has 1 N–H and O–H groups in total. The molecule has 18 heavy (non-hydrogen) atoms. The number of nitrogens with one attached hydrogen (secondary N) is 1. The van der Waals surface area contributed by atoms with Gasteiger partial charge in [0.2, 0.25) is 0 Å². The topological polar surface area (TPSA) is 68.3 Å². The second-order valence-electron chi connectivity index (χ2n) is 3.44. The van der Waals surface area contributed by atoms with Crippen LogP contribution in [0.5, 0.6) is 0 Å². The Morgan fingerprint density at radius 3 is 2.89 bits per heavy atom. The highest BCUT2D eigenvalue weighted by molar-refractivity contribution is 9.10. The summed E-state index contributed by atoms with van der Waals surface area (Å²) in [6.45, 7) is 3.50. The lowest BCUT2D eigenvalue weighted by atomic mass is 10.2. The molecule has 1 heterocycles. The Balaban J connectivity index is 2.76. The second-order valence-corrected chi connectivity index (χ2v) is 4.71. The lowest BCUT2D eigenvalue weighted by Crippen LogP contribution is -2.39. The van der Waals surface area contributed by atoms with Gasteiger partial charge in [-0.2, -0.15) is 0 Å². The highest BCUT2D eigenvalue weighted by atomic mass is 79.9. The van der Waals surface area contributed by atoms with E-state index in [1.807, 2.05) is 0 Å². The lowest BCUT2D eigenvalue weighted by molar-refractivity contribution is -0.144. The molecule has 7 heteroatoms. The molecule has 0 radical (unpaired) electrons. The number of esters is 1. The first kappa shape index (κ1) is 14.9. The van der Waals surface area contributed by atoms with Crippen molar-refractivity contribution >= 4 is 39.4 Å². The van der Waals surface area contributed by atoms with E-state index in [2.05, 4.69) is 26.2 Å². The summed E-state index contributed by atoms with van der Waals surface area (Å²) in [5.41, 5.74) is 0.196. The Morgan fingerprint density at radius 2 is 2.28 bits per heavy atom. The van der Waals surface area contributed by atoms with Crippen molar-refractivity contribution < 1.29 is 14.3 Å². The van der Waals surface area contributed by atoms with Crippen LogP contribution in [0.25, 0.3) is 0 Å². The molecule has 1 rings (SSSR count). The summed E-state index contributed by atoms with van der Waals surface area (Å²) in [6, 6.07) is 0.787. The van der Waals surface area contributed by atoms with Gasteiger partial charge in [0.25, 0.3) is 5.91 Å². The summed E-state index contributed by atoms with van der Waals surface area (Å²) in [6.07, 6.45) is 1.48. The van der Waals surface area contributed by atoms with Gasteiger partial charge in [0.1, 0.15) is 11.2 Å². The largest absolute Gasteiger partial charge is 0.464 e. The maximum absolute atomic E-state index is 11.9. The predicted octanol–water partition coefficient (Wildman–Crippen LogP) is 2.18. The molecule has 1 amide bonds. The number of hydrogen-bond acceptors (Lipinski definition) is 4. The molecular formula is C11H12BrClN2O3. The zero-order chi connectivity index (χ0) is 13.7. The van der Waals surface area contributed by atoms with E-state index in [-0.39, 0.29) is 17.3 Å². The van der Waals surface area contributed by atoms with Crippen LogP contribution in [0.15, 0.2) is 16.7 Å². The minimum atomic E-state index is -0.743. The van der Waals surface area contributed by atoms with Crippen molar-refractivity contribution in [3.63, 3.8) is 0 Å². The van der Waals surface area contributed by atoms with Crippen LogP contribution in [0.3, 0.4) is 0 Å². The molecule has 0 unspecified atom stereocenters. The number of nitrogens with zero attached hydrogens (tertiary/aromatic N) is 1. The summed E-state index contributed by atoms with van der Waals surface area (Å²) in [4.78, 5) is 27.1. The Hall–Kier alpha value is -1.14. The highest BCUT2D eigenvalue weighted by Gasteiger charge is 2.19. The maximum Gasteiger partial charge on any atom is 0.328 e. The number of hydrogen-bond donors (Lipinski definition) is 1. The molecule has 1 aromatic rings. The molecule has 0 aliphatic rings. The Kier molecular flexibility index (Phi) is 5.55. The molecule has 98 valence electrons. The molecule has 0 aliphatic heterocycles.